The third-order valence-corrected chi connectivity index (χ3v) is 7.89. The average molecular weight is 580 g/mol. The van der Waals surface area contributed by atoms with Crippen molar-refractivity contribution in [1.29, 1.82) is 0 Å². The van der Waals surface area contributed by atoms with Gasteiger partial charge in [-0.05, 0) is 74.2 Å². The van der Waals surface area contributed by atoms with Crippen molar-refractivity contribution in [2.24, 2.45) is 4.99 Å². The number of nitrogens with zero attached hydrogens (tertiary/aromatic N) is 3. The Bertz CT molecular complexity index is 1370. The number of carbonyl (C=O) groups is 1. The van der Waals surface area contributed by atoms with Crippen LogP contribution in [0.2, 0.25) is 5.02 Å². The molecular formula is C32H35ClFN3O4. The van der Waals surface area contributed by atoms with Crippen LogP contribution in [0.25, 0.3) is 0 Å². The Morgan fingerprint density at radius 2 is 1.88 bits per heavy atom. The molecule has 2 aliphatic rings. The van der Waals surface area contributed by atoms with Crippen LogP contribution >= 0.6 is 11.6 Å². The normalized spacial score (nSPS) is 18.0. The van der Waals surface area contributed by atoms with Crippen LogP contribution in [0.5, 0.6) is 0 Å². The minimum atomic E-state index is -1.13. The van der Waals surface area contributed by atoms with Crippen molar-refractivity contribution < 1.29 is 23.4 Å². The van der Waals surface area contributed by atoms with Gasteiger partial charge >= 0.3 is 5.97 Å². The summed E-state index contributed by atoms with van der Waals surface area (Å²) in [5.41, 5.74) is 1.99. The molecule has 1 atom stereocenters. The van der Waals surface area contributed by atoms with E-state index in [0.29, 0.717) is 42.4 Å². The van der Waals surface area contributed by atoms with E-state index in [1.807, 2.05) is 23.1 Å². The number of likely N-dealkylation sites (tertiary alicyclic amines) is 1. The van der Waals surface area contributed by atoms with Gasteiger partial charge in [-0.25, -0.2) is 14.2 Å². The first-order valence-electron chi connectivity index (χ1n) is 14.2. The van der Waals surface area contributed by atoms with E-state index in [-0.39, 0.29) is 17.2 Å². The van der Waals surface area contributed by atoms with Crippen LogP contribution in [0.4, 0.5) is 4.39 Å². The van der Waals surface area contributed by atoms with Gasteiger partial charge in [0.2, 0.25) is 0 Å². The van der Waals surface area contributed by atoms with Gasteiger partial charge in [0.1, 0.15) is 5.82 Å². The van der Waals surface area contributed by atoms with Gasteiger partial charge < -0.3 is 24.1 Å². The number of amidine groups is 1. The number of ether oxygens (including phenoxy) is 1. The molecule has 5 rings (SSSR count). The molecule has 2 aliphatic heterocycles. The summed E-state index contributed by atoms with van der Waals surface area (Å²) in [6.45, 7) is 3.82. The van der Waals surface area contributed by atoms with Crippen LogP contribution in [-0.2, 0) is 16.0 Å². The number of hydrogen-bond acceptors (Lipinski definition) is 6. The number of piperidine rings is 1. The number of halogens is 2. The molecule has 1 N–H and O–H groups in total. The topological polar surface area (TPSA) is 78.5 Å². The molecule has 0 aliphatic carbocycles. The van der Waals surface area contributed by atoms with E-state index in [0.717, 1.165) is 26.1 Å². The highest BCUT2D eigenvalue weighted by atomic mass is 35.5. The fourth-order valence-corrected chi connectivity index (χ4v) is 5.67. The number of benzene rings is 2. The molecule has 41 heavy (non-hydrogen) atoms. The summed E-state index contributed by atoms with van der Waals surface area (Å²) in [6.07, 6.45) is 6.68. The van der Waals surface area contributed by atoms with Gasteiger partial charge in [-0.1, -0.05) is 54.4 Å². The molecule has 216 valence electrons. The SMILES string of the molecule is O=C(O)C1=C(COCCN2CCCCC2)N=C(c2ccco2)N(CCCc2ccccc2)C1c1ccc(Cl)c(F)c1. The zero-order valence-electron chi connectivity index (χ0n) is 23.0. The number of carboxylic acids is 1. The monoisotopic (exact) mass is 579 g/mol. The fourth-order valence-electron chi connectivity index (χ4n) is 5.55. The molecule has 9 heteroatoms. The largest absolute Gasteiger partial charge is 0.478 e. The quantitative estimate of drug-likeness (QED) is 0.252. The maximum atomic E-state index is 14.8. The van der Waals surface area contributed by atoms with Crippen molar-refractivity contribution in [3.8, 4) is 0 Å². The molecule has 3 heterocycles. The molecule has 1 saturated heterocycles. The summed E-state index contributed by atoms with van der Waals surface area (Å²) in [5, 5.41) is 10.5. The van der Waals surface area contributed by atoms with Crippen molar-refractivity contribution in [1.82, 2.24) is 9.80 Å². The van der Waals surface area contributed by atoms with E-state index in [9.17, 15) is 14.3 Å². The Hall–Kier alpha value is -3.46. The Labute approximate surface area is 244 Å². The van der Waals surface area contributed by atoms with E-state index >= 15 is 0 Å². The third-order valence-electron chi connectivity index (χ3n) is 7.59. The number of aliphatic carboxylic acids is 1. The highest BCUT2D eigenvalue weighted by molar-refractivity contribution is 6.30. The number of aliphatic imine (C=N–C) groups is 1. The van der Waals surface area contributed by atoms with Crippen LogP contribution < -0.4 is 0 Å². The lowest BCUT2D eigenvalue weighted by Gasteiger charge is -2.38. The van der Waals surface area contributed by atoms with E-state index < -0.39 is 17.8 Å². The van der Waals surface area contributed by atoms with Gasteiger partial charge in [-0.2, -0.15) is 0 Å². The van der Waals surface area contributed by atoms with Gasteiger partial charge in [-0.3, -0.25) is 0 Å². The standard InChI is InChI=1S/C32H35ClFN3O4/c33-25-14-13-24(21-26(25)34)30-29(32(38)39)27(22-40-20-18-36-15-5-2-6-16-36)35-31(28-12-8-19-41-28)37(30)17-7-11-23-9-3-1-4-10-23/h1,3-4,8-10,12-14,19,21,30H,2,5-7,11,15-18,20,22H2,(H,38,39). The molecule has 3 aromatic rings. The van der Waals surface area contributed by atoms with Gasteiger partial charge in [0.05, 0.1) is 41.8 Å². The van der Waals surface area contributed by atoms with Gasteiger partial charge in [0.15, 0.2) is 11.6 Å². The summed E-state index contributed by atoms with van der Waals surface area (Å²) in [6, 6.07) is 17.3. The summed E-state index contributed by atoms with van der Waals surface area (Å²) in [7, 11) is 0. The molecule has 0 spiro atoms. The maximum absolute atomic E-state index is 14.8. The number of furan rings is 1. The summed E-state index contributed by atoms with van der Waals surface area (Å²) >= 11 is 6.01. The van der Waals surface area contributed by atoms with Crippen molar-refractivity contribution in [3.05, 3.63) is 106 Å². The number of carboxylic acid groups (broad SMARTS) is 1. The second-order valence-electron chi connectivity index (χ2n) is 10.4. The highest BCUT2D eigenvalue weighted by Gasteiger charge is 2.38. The van der Waals surface area contributed by atoms with E-state index in [2.05, 4.69) is 17.0 Å². The van der Waals surface area contributed by atoms with Crippen LogP contribution in [0, 0.1) is 5.82 Å². The molecule has 1 aromatic heterocycles. The predicted octanol–water partition coefficient (Wildman–Crippen LogP) is 6.35. The Kier molecular flexibility index (Phi) is 9.88. The van der Waals surface area contributed by atoms with Crippen LogP contribution in [-0.4, -0.2) is 66.1 Å². The second-order valence-corrected chi connectivity index (χ2v) is 10.8. The van der Waals surface area contributed by atoms with Gasteiger partial charge in [0, 0.05) is 13.1 Å². The minimum Gasteiger partial charge on any atom is -0.478 e. The van der Waals surface area contributed by atoms with E-state index in [1.165, 1.54) is 37.0 Å². The third kappa shape index (κ3) is 7.25. The lowest BCUT2D eigenvalue weighted by atomic mass is 9.92. The summed E-state index contributed by atoms with van der Waals surface area (Å²) in [4.78, 5) is 21.9. The van der Waals surface area contributed by atoms with E-state index in [1.54, 1.807) is 24.5 Å². The smallest absolute Gasteiger partial charge is 0.336 e. The van der Waals surface area contributed by atoms with Crippen molar-refractivity contribution in [2.75, 3.05) is 39.4 Å². The van der Waals surface area contributed by atoms with Gasteiger partial charge in [0.25, 0.3) is 0 Å². The highest BCUT2D eigenvalue weighted by Crippen LogP contribution is 2.38. The maximum Gasteiger partial charge on any atom is 0.336 e. The molecule has 0 radical (unpaired) electrons. The first kappa shape index (κ1) is 29.0. The molecule has 2 aromatic carbocycles. The molecule has 1 unspecified atom stereocenters. The van der Waals surface area contributed by atoms with E-state index in [4.69, 9.17) is 25.7 Å². The van der Waals surface area contributed by atoms with Gasteiger partial charge in [-0.15, -0.1) is 0 Å². The zero-order valence-corrected chi connectivity index (χ0v) is 23.7. The Morgan fingerprint density at radius 3 is 2.59 bits per heavy atom. The van der Waals surface area contributed by atoms with Crippen LogP contribution in [0.1, 0.15) is 48.6 Å². The second kappa shape index (κ2) is 13.9. The van der Waals surface area contributed by atoms with Crippen LogP contribution in [0.15, 0.2) is 87.6 Å². The molecule has 0 amide bonds. The lowest BCUT2D eigenvalue weighted by Crippen LogP contribution is -2.42. The predicted molar refractivity (Wildman–Crippen MR) is 157 cm³/mol. The van der Waals surface area contributed by atoms with Crippen molar-refractivity contribution in [2.45, 2.75) is 38.1 Å². The number of rotatable bonds is 12. The molecule has 0 bridgehead atoms. The van der Waals surface area contributed by atoms with Crippen molar-refractivity contribution in [3.63, 3.8) is 0 Å². The minimum absolute atomic E-state index is 0.0180. The molecule has 7 nitrogen and oxygen atoms in total. The first-order chi connectivity index (χ1) is 20.0. The average Bonchev–Trinajstić information content (AvgIpc) is 3.53. The molecule has 0 saturated carbocycles. The lowest BCUT2D eigenvalue weighted by molar-refractivity contribution is -0.133. The number of aryl methyl sites for hydroxylation is 1. The first-order valence-corrected chi connectivity index (χ1v) is 14.5. The Balaban J connectivity index is 1.48. The summed E-state index contributed by atoms with van der Waals surface area (Å²) < 4.78 is 26.5. The fraction of sp³-hybridized carbons (Fsp3) is 0.375. The zero-order chi connectivity index (χ0) is 28.6. The molecule has 1 fully saturated rings. The summed E-state index contributed by atoms with van der Waals surface area (Å²) in [5.74, 6) is -0.753. The Morgan fingerprint density at radius 1 is 1.07 bits per heavy atom. The van der Waals surface area contributed by atoms with Crippen molar-refractivity contribution >= 4 is 23.4 Å². The van der Waals surface area contributed by atoms with Crippen LogP contribution in [0.3, 0.4) is 0 Å². The number of hydrogen-bond donors (Lipinski definition) is 1. The molecular weight excluding hydrogens is 545 g/mol.